The first-order valence-electron chi connectivity index (χ1n) is 8.91. The molecular formula is C20H16FN5O2. The first kappa shape index (κ1) is 16.6. The number of hydrogen-bond acceptors (Lipinski definition) is 6. The molecule has 0 unspecified atom stereocenters. The van der Waals surface area contributed by atoms with E-state index < -0.39 is 12.1 Å². The van der Waals surface area contributed by atoms with Gasteiger partial charge in [0.25, 0.3) is 0 Å². The van der Waals surface area contributed by atoms with E-state index in [4.69, 9.17) is 4.42 Å². The molecular weight excluding hydrogens is 361 g/mol. The number of anilines is 2. The summed E-state index contributed by atoms with van der Waals surface area (Å²) in [5, 5.41) is 7.24. The van der Waals surface area contributed by atoms with E-state index in [9.17, 15) is 9.18 Å². The molecule has 2 atom stereocenters. The Labute approximate surface area is 159 Å². The van der Waals surface area contributed by atoms with Gasteiger partial charge in [-0.15, -0.1) is 0 Å². The third kappa shape index (κ3) is 2.74. The molecule has 3 aromatic heterocycles. The first-order valence-corrected chi connectivity index (χ1v) is 8.91. The number of aromatic nitrogens is 3. The molecule has 5 rings (SSSR count). The predicted molar refractivity (Wildman–Crippen MR) is 104 cm³/mol. The Balaban J connectivity index is 1.63. The van der Waals surface area contributed by atoms with Crippen molar-refractivity contribution in [3.05, 3.63) is 42.7 Å². The van der Waals surface area contributed by atoms with E-state index in [1.165, 1.54) is 0 Å². The van der Waals surface area contributed by atoms with Crippen LogP contribution in [0.1, 0.15) is 6.42 Å². The smallest absolute Gasteiger partial charge is 0.231 e. The summed E-state index contributed by atoms with van der Waals surface area (Å²) in [4.78, 5) is 25.3. The number of fused-ring (bicyclic) bond motifs is 2. The van der Waals surface area contributed by atoms with Crippen LogP contribution in [0.2, 0.25) is 0 Å². The van der Waals surface area contributed by atoms with Gasteiger partial charge in [0.05, 0.1) is 11.5 Å². The molecule has 1 aromatic carbocycles. The number of pyridine rings is 2. The van der Waals surface area contributed by atoms with E-state index >= 15 is 0 Å². The maximum Gasteiger partial charge on any atom is 0.231 e. The second kappa shape index (κ2) is 6.26. The molecule has 0 spiro atoms. The van der Waals surface area contributed by atoms with Crippen molar-refractivity contribution < 1.29 is 13.6 Å². The van der Waals surface area contributed by atoms with Crippen LogP contribution in [-0.2, 0) is 4.79 Å². The highest BCUT2D eigenvalue weighted by Crippen LogP contribution is 2.36. The number of rotatable bonds is 4. The van der Waals surface area contributed by atoms with Gasteiger partial charge in [0.2, 0.25) is 11.8 Å². The number of carbonyl (C=O) groups is 1. The molecule has 1 amide bonds. The molecule has 0 saturated heterocycles. The summed E-state index contributed by atoms with van der Waals surface area (Å²) in [6.45, 7) is 0. The molecule has 4 aromatic rings. The van der Waals surface area contributed by atoms with Gasteiger partial charge in [0.15, 0.2) is 5.58 Å². The highest BCUT2D eigenvalue weighted by atomic mass is 19.1. The van der Waals surface area contributed by atoms with Gasteiger partial charge in [-0.3, -0.25) is 4.79 Å². The normalized spacial score (nSPS) is 18.4. The number of halogens is 1. The van der Waals surface area contributed by atoms with Crippen LogP contribution in [0.3, 0.4) is 0 Å². The van der Waals surface area contributed by atoms with Crippen molar-refractivity contribution in [1.29, 1.82) is 0 Å². The minimum absolute atomic E-state index is 0.265. The van der Waals surface area contributed by atoms with E-state index in [-0.39, 0.29) is 12.3 Å². The van der Waals surface area contributed by atoms with Crippen LogP contribution in [0, 0.1) is 5.92 Å². The van der Waals surface area contributed by atoms with Crippen molar-refractivity contribution in [3.63, 3.8) is 0 Å². The Kier molecular flexibility index (Phi) is 3.71. The Morgan fingerprint density at radius 2 is 2.04 bits per heavy atom. The number of benzene rings is 1. The molecule has 140 valence electrons. The van der Waals surface area contributed by atoms with E-state index in [2.05, 4.69) is 25.6 Å². The number of hydrogen-bond donors (Lipinski definition) is 2. The van der Waals surface area contributed by atoms with Crippen molar-refractivity contribution in [2.75, 3.05) is 17.7 Å². The van der Waals surface area contributed by atoms with E-state index in [1.807, 2.05) is 24.3 Å². The molecule has 8 heteroatoms. The molecule has 0 aliphatic heterocycles. The van der Waals surface area contributed by atoms with Crippen LogP contribution in [0.25, 0.3) is 33.3 Å². The maximum absolute atomic E-state index is 13.1. The molecule has 0 radical (unpaired) electrons. The minimum atomic E-state index is -1.06. The zero-order valence-electron chi connectivity index (χ0n) is 14.9. The fraction of sp³-hybridized carbons (Fsp3) is 0.200. The number of nitrogens with one attached hydrogen (secondary N) is 2. The number of carbonyl (C=O) groups excluding carboxylic acids is 1. The average molecular weight is 377 g/mol. The molecule has 7 nitrogen and oxygen atoms in total. The number of para-hydroxylation sites is 2. The molecule has 1 fully saturated rings. The summed E-state index contributed by atoms with van der Waals surface area (Å²) >= 11 is 0. The highest BCUT2D eigenvalue weighted by molar-refractivity contribution is 6.03. The van der Waals surface area contributed by atoms with Crippen LogP contribution in [0.15, 0.2) is 47.1 Å². The predicted octanol–water partition coefficient (Wildman–Crippen LogP) is 3.78. The fourth-order valence-corrected chi connectivity index (χ4v) is 3.21. The minimum Gasteiger partial charge on any atom is -0.436 e. The molecule has 28 heavy (non-hydrogen) atoms. The molecule has 1 saturated carbocycles. The third-order valence-electron chi connectivity index (χ3n) is 4.83. The zero-order chi connectivity index (χ0) is 19.3. The Morgan fingerprint density at radius 3 is 2.79 bits per heavy atom. The lowest BCUT2D eigenvalue weighted by Crippen LogP contribution is -2.15. The van der Waals surface area contributed by atoms with Crippen LogP contribution < -0.4 is 10.6 Å². The van der Waals surface area contributed by atoms with Gasteiger partial charge in [-0.1, -0.05) is 12.1 Å². The molecule has 0 bridgehead atoms. The van der Waals surface area contributed by atoms with Crippen molar-refractivity contribution >= 4 is 39.4 Å². The topological polar surface area (TPSA) is 92.9 Å². The van der Waals surface area contributed by atoms with Crippen molar-refractivity contribution in [2.24, 2.45) is 5.92 Å². The molecule has 1 aliphatic carbocycles. The zero-order valence-corrected chi connectivity index (χ0v) is 14.9. The van der Waals surface area contributed by atoms with Gasteiger partial charge in [-0.05, 0) is 24.6 Å². The number of nitrogens with zero attached hydrogens (tertiary/aromatic N) is 3. The second-order valence-electron chi connectivity index (χ2n) is 6.72. The first-order chi connectivity index (χ1) is 13.6. The Bertz CT molecular complexity index is 1190. The fourth-order valence-electron chi connectivity index (χ4n) is 3.21. The summed E-state index contributed by atoms with van der Waals surface area (Å²) in [6.07, 6.45) is 2.50. The Hall–Kier alpha value is -3.55. The van der Waals surface area contributed by atoms with Gasteiger partial charge in [0, 0.05) is 30.2 Å². The standard InChI is InChI=1S/C20H16FN5O2/c1-22-18-12-8-23-17(26-19(27)11-6-14(11)21)7-10(12)13(9-24-18)20-25-15-4-2-3-5-16(15)28-20/h2-5,7-9,11,14H,6H2,1H3,(H,22,24)(H,23,26,27)/t11-,14+/m1/s1. The van der Waals surface area contributed by atoms with E-state index in [0.717, 1.165) is 16.3 Å². The van der Waals surface area contributed by atoms with Gasteiger partial charge in [-0.25, -0.2) is 19.3 Å². The van der Waals surface area contributed by atoms with Gasteiger partial charge < -0.3 is 15.1 Å². The lowest BCUT2D eigenvalue weighted by atomic mass is 10.1. The lowest BCUT2D eigenvalue weighted by Gasteiger charge is -2.10. The van der Waals surface area contributed by atoms with Crippen molar-refractivity contribution in [3.8, 4) is 11.5 Å². The van der Waals surface area contributed by atoms with Gasteiger partial charge >= 0.3 is 0 Å². The van der Waals surface area contributed by atoms with Crippen LogP contribution >= 0.6 is 0 Å². The lowest BCUT2D eigenvalue weighted by molar-refractivity contribution is -0.117. The number of oxazole rings is 1. The van der Waals surface area contributed by atoms with Gasteiger partial charge in [0.1, 0.15) is 23.3 Å². The largest absolute Gasteiger partial charge is 0.436 e. The summed E-state index contributed by atoms with van der Waals surface area (Å²) in [5.41, 5.74) is 2.10. The highest BCUT2D eigenvalue weighted by Gasteiger charge is 2.43. The molecule has 2 N–H and O–H groups in total. The van der Waals surface area contributed by atoms with Crippen LogP contribution in [0.4, 0.5) is 16.0 Å². The van der Waals surface area contributed by atoms with E-state index in [0.29, 0.717) is 28.7 Å². The van der Waals surface area contributed by atoms with Crippen LogP contribution in [0.5, 0.6) is 0 Å². The van der Waals surface area contributed by atoms with E-state index in [1.54, 1.807) is 25.5 Å². The summed E-state index contributed by atoms with van der Waals surface area (Å²) in [7, 11) is 1.77. The molecule has 1 aliphatic rings. The summed E-state index contributed by atoms with van der Waals surface area (Å²) < 4.78 is 19.0. The SMILES string of the molecule is CNc1ncc(-c2nc3ccccc3o2)c2cc(NC(=O)[C@@H]3C[C@@H]3F)ncc12. The monoisotopic (exact) mass is 377 g/mol. The third-order valence-corrected chi connectivity index (χ3v) is 4.83. The summed E-state index contributed by atoms with van der Waals surface area (Å²) in [5.74, 6) is 0.481. The summed E-state index contributed by atoms with van der Waals surface area (Å²) in [6, 6.07) is 9.22. The second-order valence-corrected chi connectivity index (χ2v) is 6.72. The number of alkyl halides is 1. The number of amides is 1. The van der Waals surface area contributed by atoms with Crippen molar-refractivity contribution in [1.82, 2.24) is 15.0 Å². The maximum atomic E-state index is 13.1. The van der Waals surface area contributed by atoms with Gasteiger partial charge in [-0.2, -0.15) is 0 Å². The molecule has 3 heterocycles. The average Bonchev–Trinajstić information content (AvgIpc) is 3.29. The van der Waals surface area contributed by atoms with Crippen molar-refractivity contribution in [2.45, 2.75) is 12.6 Å². The quantitative estimate of drug-likeness (QED) is 0.562. The van der Waals surface area contributed by atoms with Crippen LogP contribution in [-0.4, -0.2) is 34.1 Å². The Morgan fingerprint density at radius 1 is 1.21 bits per heavy atom.